The first-order valence-corrected chi connectivity index (χ1v) is 7.99. The summed E-state index contributed by atoms with van der Waals surface area (Å²) in [7, 11) is -1.61. The maximum absolute atomic E-state index is 12.1. The fourth-order valence-electron chi connectivity index (χ4n) is 2.19. The predicted molar refractivity (Wildman–Crippen MR) is 72.3 cm³/mol. The van der Waals surface area contributed by atoms with Crippen LogP contribution in [0.1, 0.15) is 25.5 Å². The molecule has 1 fully saturated rings. The van der Waals surface area contributed by atoms with E-state index >= 15 is 0 Å². The Kier molecular flexibility index (Phi) is 4.62. The van der Waals surface area contributed by atoms with Crippen LogP contribution in [0, 0.1) is 0 Å². The molecular formula is C12H21N3O3S. The standard InChI is InChI=1S/C12H21N3O3S/c1-3-18-11-4-9(5-11)15-19(16,17)12-6-10(7-13-2)14-8-12/h6,8-9,11,13-15H,3-5,7H2,1-2H3. The number of sulfonamides is 1. The zero-order chi connectivity index (χ0) is 13.9. The molecule has 19 heavy (non-hydrogen) atoms. The SMILES string of the molecule is CCOC1CC(NS(=O)(=O)c2c[nH]c(CNC)c2)C1. The molecule has 0 atom stereocenters. The fraction of sp³-hybridized carbons (Fsp3) is 0.667. The molecule has 2 rings (SSSR count). The number of nitrogens with one attached hydrogen (secondary N) is 3. The van der Waals surface area contributed by atoms with Crippen LogP contribution in [0.5, 0.6) is 0 Å². The number of ether oxygens (including phenoxy) is 1. The van der Waals surface area contributed by atoms with E-state index in [-0.39, 0.29) is 17.0 Å². The summed E-state index contributed by atoms with van der Waals surface area (Å²) in [5.74, 6) is 0. The Morgan fingerprint density at radius 2 is 2.21 bits per heavy atom. The van der Waals surface area contributed by atoms with Gasteiger partial charge < -0.3 is 15.0 Å². The maximum Gasteiger partial charge on any atom is 0.242 e. The molecule has 0 spiro atoms. The minimum Gasteiger partial charge on any atom is -0.378 e. The summed E-state index contributed by atoms with van der Waals surface area (Å²) in [5.41, 5.74) is 0.851. The van der Waals surface area contributed by atoms with Crippen molar-refractivity contribution >= 4 is 10.0 Å². The van der Waals surface area contributed by atoms with Crippen LogP contribution in [-0.4, -0.2) is 39.2 Å². The molecule has 0 aliphatic heterocycles. The largest absolute Gasteiger partial charge is 0.378 e. The molecule has 1 saturated carbocycles. The molecule has 1 heterocycles. The number of hydrogen-bond donors (Lipinski definition) is 3. The topological polar surface area (TPSA) is 83.2 Å². The second-order valence-corrected chi connectivity index (χ2v) is 6.47. The Morgan fingerprint density at radius 1 is 1.47 bits per heavy atom. The molecule has 1 aliphatic rings. The lowest BCUT2D eigenvalue weighted by atomic mass is 9.90. The smallest absolute Gasteiger partial charge is 0.242 e. The Bertz CT molecular complexity index is 506. The highest BCUT2D eigenvalue weighted by molar-refractivity contribution is 7.89. The Balaban J connectivity index is 1.91. The van der Waals surface area contributed by atoms with Crippen LogP contribution in [0.2, 0.25) is 0 Å². The molecule has 6 nitrogen and oxygen atoms in total. The summed E-state index contributed by atoms with van der Waals surface area (Å²) in [4.78, 5) is 3.23. The monoisotopic (exact) mass is 287 g/mol. The van der Waals surface area contributed by atoms with Gasteiger partial charge in [0.2, 0.25) is 10.0 Å². The molecule has 0 amide bonds. The quantitative estimate of drug-likeness (QED) is 0.685. The van der Waals surface area contributed by atoms with Crippen molar-refractivity contribution in [1.82, 2.24) is 15.0 Å². The molecular weight excluding hydrogens is 266 g/mol. The van der Waals surface area contributed by atoms with Gasteiger partial charge in [-0.25, -0.2) is 13.1 Å². The zero-order valence-electron chi connectivity index (χ0n) is 11.3. The van der Waals surface area contributed by atoms with E-state index in [1.54, 1.807) is 6.07 Å². The van der Waals surface area contributed by atoms with Crippen LogP contribution in [0.25, 0.3) is 0 Å². The summed E-state index contributed by atoms with van der Waals surface area (Å²) in [6, 6.07) is 1.64. The van der Waals surface area contributed by atoms with Gasteiger partial charge in [0.1, 0.15) is 0 Å². The lowest BCUT2D eigenvalue weighted by Gasteiger charge is -2.34. The van der Waals surface area contributed by atoms with Crippen molar-refractivity contribution in [2.24, 2.45) is 0 Å². The average Bonchev–Trinajstić information content (AvgIpc) is 2.76. The highest BCUT2D eigenvalue weighted by atomic mass is 32.2. The Labute approximate surface area is 114 Å². The normalized spacial score (nSPS) is 23.3. The van der Waals surface area contributed by atoms with Gasteiger partial charge in [0, 0.05) is 31.1 Å². The van der Waals surface area contributed by atoms with Gasteiger partial charge in [0.25, 0.3) is 0 Å². The van der Waals surface area contributed by atoms with E-state index in [2.05, 4.69) is 15.0 Å². The molecule has 7 heteroatoms. The first-order valence-electron chi connectivity index (χ1n) is 6.51. The lowest BCUT2D eigenvalue weighted by molar-refractivity contribution is -0.00475. The number of hydrogen-bond acceptors (Lipinski definition) is 4. The van der Waals surface area contributed by atoms with Crippen molar-refractivity contribution in [1.29, 1.82) is 0 Å². The average molecular weight is 287 g/mol. The summed E-state index contributed by atoms with van der Waals surface area (Å²) in [5, 5.41) is 2.97. The highest BCUT2D eigenvalue weighted by Gasteiger charge is 2.33. The molecule has 1 aromatic rings. The third-order valence-corrected chi connectivity index (χ3v) is 4.71. The van der Waals surface area contributed by atoms with Crippen molar-refractivity contribution in [3.63, 3.8) is 0 Å². The summed E-state index contributed by atoms with van der Waals surface area (Å²) < 4.78 is 32.4. The molecule has 1 aromatic heterocycles. The molecule has 108 valence electrons. The van der Waals surface area contributed by atoms with Crippen LogP contribution in [0.15, 0.2) is 17.2 Å². The molecule has 3 N–H and O–H groups in total. The summed E-state index contributed by atoms with van der Waals surface area (Å²) in [6.45, 7) is 3.24. The molecule has 0 radical (unpaired) electrons. The van der Waals surface area contributed by atoms with E-state index in [0.717, 1.165) is 18.5 Å². The molecule has 0 bridgehead atoms. The van der Waals surface area contributed by atoms with Gasteiger partial charge in [-0.1, -0.05) is 0 Å². The van der Waals surface area contributed by atoms with Crippen LogP contribution >= 0.6 is 0 Å². The van der Waals surface area contributed by atoms with Gasteiger partial charge in [-0.2, -0.15) is 0 Å². The van der Waals surface area contributed by atoms with Crippen LogP contribution in [-0.2, 0) is 21.3 Å². The van der Waals surface area contributed by atoms with Crippen molar-refractivity contribution in [3.05, 3.63) is 18.0 Å². The minimum absolute atomic E-state index is 0.01000. The van der Waals surface area contributed by atoms with Gasteiger partial charge in [0.05, 0.1) is 11.0 Å². The molecule has 0 unspecified atom stereocenters. The van der Waals surface area contributed by atoms with Gasteiger partial charge in [-0.3, -0.25) is 0 Å². The van der Waals surface area contributed by atoms with E-state index in [0.29, 0.717) is 13.2 Å². The minimum atomic E-state index is -3.42. The highest BCUT2D eigenvalue weighted by Crippen LogP contribution is 2.25. The third-order valence-electron chi connectivity index (χ3n) is 3.21. The van der Waals surface area contributed by atoms with E-state index in [1.165, 1.54) is 6.20 Å². The summed E-state index contributed by atoms with van der Waals surface area (Å²) >= 11 is 0. The van der Waals surface area contributed by atoms with Crippen molar-refractivity contribution < 1.29 is 13.2 Å². The van der Waals surface area contributed by atoms with Crippen molar-refractivity contribution in [3.8, 4) is 0 Å². The number of rotatable bonds is 7. The van der Waals surface area contributed by atoms with Crippen molar-refractivity contribution in [2.45, 2.75) is 43.4 Å². The van der Waals surface area contributed by atoms with Crippen LogP contribution < -0.4 is 10.0 Å². The predicted octanol–water partition coefficient (Wildman–Crippen LogP) is 0.580. The number of aromatic amines is 1. The van der Waals surface area contributed by atoms with Gasteiger partial charge in [-0.15, -0.1) is 0 Å². The van der Waals surface area contributed by atoms with Crippen LogP contribution in [0.3, 0.4) is 0 Å². The maximum atomic E-state index is 12.1. The molecule has 0 aromatic carbocycles. The molecule has 1 aliphatic carbocycles. The molecule has 0 saturated heterocycles. The second-order valence-electron chi connectivity index (χ2n) is 4.76. The summed E-state index contributed by atoms with van der Waals surface area (Å²) in [6.07, 6.45) is 3.22. The first kappa shape index (κ1) is 14.5. The van der Waals surface area contributed by atoms with E-state index in [1.807, 2.05) is 14.0 Å². The van der Waals surface area contributed by atoms with E-state index < -0.39 is 10.0 Å². The van der Waals surface area contributed by atoms with Crippen molar-refractivity contribution in [2.75, 3.05) is 13.7 Å². The Morgan fingerprint density at radius 3 is 2.84 bits per heavy atom. The zero-order valence-corrected chi connectivity index (χ0v) is 12.1. The third kappa shape index (κ3) is 3.56. The lowest BCUT2D eigenvalue weighted by Crippen LogP contribution is -2.47. The number of aromatic nitrogens is 1. The second kappa shape index (κ2) is 6.04. The first-order chi connectivity index (χ1) is 9.05. The fourth-order valence-corrected chi connectivity index (χ4v) is 3.47. The van der Waals surface area contributed by atoms with E-state index in [9.17, 15) is 8.42 Å². The van der Waals surface area contributed by atoms with Gasteiger partial charge in [-0.05, 0) is 32.9 Å². The Hall–Kier alpha value is -0.890. The van der Waals surface area contributed by atoms with Gasteiger partial charge >= 0.3 is 0 Å². The number of H-pyrrole nitrogens is 1. The van der Waals surface area contributed by atoms with Crippen LogP contribution in [0.4, 0.5) is 0 Å². The van der Waals surface area contributed by atoms with Gasteiger partial charge in [0.15, 0.2) is 0 Å². The van der Waals surface area contributed by atoms with E-state index in [4.69, 9.17) is 4.74 Å².